The van der Waals surface area contributed by atoms with Crippen LogP contribution in [0.5, 0.6) is 0 Å². The molecule has 0 aliphatic carbocycles. The lowest BCUT2D eigenvalue weighted by Gasteiger charge is -2.25. The van der Waals surface area contributed by atoms with Gasteiger partial charge in [0.25, 0.3) is 0 Å². The highest BCUT2D eigenvalue weighted by Gasteiger charge is 2.24. The number of likely N-dealkylation sites (tertiary alicyclic amines) is 1. The van der Waals surface area contributed by atoms with Gasteiger partial charge in [-0.15, -0.1) is 35.3 Å². The molecule has 0 amide bonds. The maximum atomic E-state index is 4.45. The van der Waals surface area contributed by atoms with Gasteiger partial charge >= 0.3 is 0 Å². The molecule has 2 N–H and O–H groups in total. The molecule has 0 saturated carbocycles. The Morgan fingerprint density at radius 2 is 2.11 bits per heavy atom. The molecular weight excluding hydrogens is 469 g/mol. The van der Waals surface area contributed by atoms with Crippen LogP contribution in [0.15, 0.2) is 41.5 Å². The van der Waals surface area contributed by atoms with Crippen molar-refractivity contribution in [3.05, 3.63) is 52.0 Å². The number of aromatic nitrogens is 1. The first kappa shape index (κ1) is 22.1. The number of rotatable bonds is 7. The highest BCUT2D eigenvalue weighted by molar-refractivity contribution is 14.0. The van der Waals surface area contributed by atoms with Crippen LogP contribution in [0.4, 0.5) is 0 Å². The van der Waals surface area contributed by atoms with E-state index >= 15 is 0 Å². The normalized spacial score (nSPS) is 17.6. The third-order valence-corrected chi connectivity index (χ3v) is 5.95. The van der Waals surface area contributed by atoms with Crippen LogP contribution in [0.2, 0.25) is 0 Å². The third-order valence-electron chi connectivity index (χ3n) is 4.81. The fourth-order valence-electron chi connectivity index (χ4n) is 3.34. The van der Waals surface area contributed by atoms with Crippen LogP contribution >= 0.6 is 35.3 Å². The Morgan fingerprint density at radius 3 is 2.81 bits per heavy atom. The summed E-state index contributed by atoms with van der Waals surface area (Å²) in [5.41, 5.74) is 1.39. The lowest BCUT2D eigenvalue weighted by molar-refractivity contribution is 0.245. The number of hydrogen-bond acceptors (Lipinski definition) is 4. The topological polar surface area (TPSA) is 52.6 Å². The zero-order valence-corrected chi connectivity index (χ0v) is 19.3. The second-order valence-corrected chi connectivity index (χ2v) is 7.83. The maximum Gasteiger partial charge on any atom is 0.191 e. The van der Waals surface area contributed by atoms with E-state index in [1.54, 1.807) is 11.3 Å². The van der Waals surface area contributed by atoms with Crippen molar-refractivity contribution < 1.29 is 0 Å². The van der Waals surface area contributed by atoms with Crippen LogP contribution in [0.3, 0.4) is 0 Å². The van der Waals surface area contributed by atoms with Gasteiger partial charge < -0.3 is 10.6 Å². The number of halogens is 1. The lowest BCUT2D eigenvalue weighted by Crippen LogP contribution is -2.44. The number of thiazole rings is 1. The molecule has 1 aromatic heterocycles. The van der Waals surface area contributed by atoms with Gasteiger partial charge in [0, 0.05) is 37.3 Å². The average Bonchev–Trinajstić information content (AvgIpc) is 3.32. The van der Waals surface area contributed by atoms with Crippen molar-refractivity contribution in [2.75, 3.05) is 20.1 Å². The van der Waals surface area contributed by atoms with Gasteiger partial charge in [-0.1, -0.05) is 37.3 Å². The molecule has 5 nitrogen and oxygen atoms in total. The summed E-state index contributed by atoms with van der Waals surface area (Å²) >= 11 is 1.77. The predicted octanol–water partition coefficient (Wildman–Crippen LogP) is 3.65. The second-order valence-electron chi connectivity index (χ2n) is 6.63. The molecule has 0 spiro atoms. The number of aliphatic imine (C=N–C) groups is 1. The smallest absolute Gasteiger partial charge is 0.191 e. The Kier molecular flexibility index (Phi) is 9.50. The van der Waals surface area contributed by atoms with E-state index in [2.05, 4.69) is 62.8 Å². The van der Waals surface area contributed by atoms with E-state index in [0.717, 1.165) is 37.0 Å². The summed E-state index contributed by atoms with van der Waals surface area (Å²) in [7, 11) is 1.82. The number of nitrogens with one attached hydrogen (secondary N) is 2. The van der Waals surface area contributed by atoms with E-state index < -0.39 is 0 Å². The van der Waals surface area contributed by atoms with E-state index in [1.807, 2.05) is 13.2 Å². The molecule has 2 aromatic rings. The first-order valence-corrected chi connectivity index (χ1v) is 10.3. The molecule has 7 heteroatoms. The third kappa shape index (κ3) is 6.73. The SMILES string of the molecule is CCc1cnc(CNC(=NC)NCC2CCCN2Cc2ccccc2)s1.I. The second kappa shape index (κ2) is 11.6. The van der Waals surface area contributed by atoms with Crippen LogP contribution in [0, 0.1) is 0 Å². The van der Waals surface area contributed by atoms with Gasteiger partial charge in [0.15, 0.2) is 5.96 Å². The average molecular weight is 499 g/mol. The molecule has 27 heavy (non-hydrogen) atoms. The molecule has 1 aromatic carbocycles. The molecule has 0 bridgehead atoms. The molecule has 148 valence electrons. The van der Waals surface area contributed by atoms with Crippen LogP contribution in [0.25, 0.3) is 0 Å². The van der Waals surface area contributed by atoms with E-state index in [1.165, 1.54) is 29.8 Å². The van der Waals surface area contributed by atoms with Crippen LogP contribution in [0.1, 0.15) is 35.2 Å². The number of guanidine groups is 1. The van der Waals surface area contributed by atoms with Crippen molar-refractivity contribution in [1.29, 1.82) is 0 Å². The summed E-state index contributed by atoms with van der Waals surface area (Å²) < 4.78 is 0. The van der Waals surface area contributed by atoms with Crippen molar-refractivity contribution >= 4 is 41.3 Å². The minimum Gasteiger partial charge on any atom is -0.355 e. The van der Waals surface area contributed by atoms with Crippen LogP contribution < -0.4 is 10.6 Å². The first-order valence-electron chi connectivity index (χ1n) is 9.44. The number of hydrogen-bond donors (Lipinski definition) is 2. The zero-order valence-electron chi connectivity index (χ0n) is 16.1. The highest BCUT2D eigenvalue weighted by atomic mass is 127. The van der Waals surface area contributed by atoms with Crippen LogP contribution in [-0.4, -0.2) is 42.0 Å². The standard InChI is InChI=1S/C20H29N5S.HI/c1-3-18-13-22-19(26-18)14-24-20(21-2)23-12-17-10-7-11-25(17)15-16-8-5-4-6-9-16;/h4-6,8-9,13,17H,3,7,10-12,14-15H2,1-2H3,(H2,21,23,24);1H. The van der Waals surface area contributed by atoms with Gasteiger partial charge in [0.2, 0.25) is 0 Å². The van der Waals surface area contributed by atoms with Gasteiger partial charge in [0.05, 0.1) is 6.54 Å². The zero-order chi connectivity index (χ0) is 18.2. The largest absolute Gasteiger partial charge is 0.355 e. The molecule has 1 saturated heterocycles. The summed E-state index contributed by atoms with van der Waals surface area (Å²) in [6, 6.07) is 11.3. The van der Waals surface area contributed by atoms with Gasteiger partial charge in [-0.25, -0.2) is 4.98 Å². The quantitative estimate of drug-likeness (QED) is 0.347. The summed E-state index contributed by atoms with van der Waals surface area (Å²) in [6.07, 6.45) is 5.52. The maximum absolute atomic E-state index is 4.45. The number of nitrogens with zero attached hydrogens (tertiary/aromatic N) is 3. The fraction of sp³-hybridized carbons (Fsp3) is 0.500. The Morgan fingerprint density at radius 1 is 1.30 bits per heavy atom. The van der Waals surface area contributed by atoms with Crippen molar-refractivity contribution in [3.8, 4) is 0 Å². The van der Waals surface area contributed by atoms with Crippen molar-refractivity contribution in [2.24, 2.45) is 4.99 Å². The van der Waals surface area contributed by atoms with E-state index in [0.29, 0.717) is 6.04 Å². The molecule has 0 radical (unpaired) electrons. The van der Waals surface area contributed by atoms with Gasteiger partial charge in [-0.3, -0.25) is 9.89 Å². The van der Waals surface area contributed by atoms with E-state index in [-0.39, 0.29) is 24.0 Å². The van der Waals surface area contributed by atoms with Crippen molar-refractivity contribution in [1.82, 2.24) is 20.5 Å². The molecule has 2 heterocycles. The summed E-state index contributed by atoms with van der Waals surface area (Å²) in [4.78, 5) is 12.7. The van der Waals surface area contributed by atoms with E-state index in [9.17, 15) is 0 Å². The Hall–Kier alpha value is -1.19. The monoisotopic (exact) mass is 499 g/mol. The summed E-state index contributed by atoms with van der Waals surface area (Å²) in [6.45, 7) is 6.01. The Bertz CT molecular complexity index is 703. The fourth-order valence-corrected chi connectivity index (χ4v) is 4.14. The minimum absolute atomic E-state index is 0. The van der Waals surface area contributed by atoms with Crippen molar-refractivity contribution in [2.45, 2.75) is 45.3 Å². The van der Waals surface area contributed by atoms with Crippen LogP contribution in [-0.2, 0) is 19.5 Å². The molecule has 3 rings (SSSR count). The highest BCUT2D eigenvalue weighted by Crippen LogP contribution is 2.19. The van der Waals surface area contributed by atoms with E-state index in [4.69, 9.17) is 0 Å². The minimum atomic E-state index is 0. The molecule has 1 atom stereocenters. The lowest BCUT2D eigenvalue weighted by atomic mass is 10.2. The number of aryl methyl sites for hydroxylation is 1. The predicted molar refractivity (Wildman–Crippen MR) is 125 cm³/mol. The van der Waals surface area contributed by atoms with Gasteiger partial charge in [0.1, 0.15) is 5.01 Å². The summed E-state index contributed by atoms with van der Waals surface area (Å²) in [5.74, 6) is 0.852. The Labute approximate surface area is 183 Å². The molecule has 1 fully saturated rings. The molecule has 1 aliphatic rings. The first-order chi connectivity index (χ1) is 12.8. The molecular formula is C20H30IN5S. The van der Waals surface area contributed by atoms with Gasteiger partial charge in [-0.2, -0.15) is 0 Å². The number of benzene rings is 1. The molecule has 1 aliphatic heterocycles. The summed E-state index contributed by atoms with van der Waals surface area (Å²) in [5, 5.41) is 7.98. The van der Waals surface area contributed by atoms with Crippen molar-refractivity contribution in [3.63, 3.8) is 0 Å². The Balaban J connectivity index is 0.00000261. The van der Waals surface area contributed by atoms with Gasteiger partial charge in [-0.05, 0) is 31.4 Å². The molecule has 1 unspecified atom stereocenters.